The van der Waals surface area contributed by atoms with Crippen molar-refractivity contribution in [3.63, 3.8) is 0 Å². The van der Waals surface area contributed by atoms with Gasteiger partial charge >= 0.3 is 0 Å². The molecule has 0 amide bonds. The van der Waals surface area contributed by atoms with E-state index in [-0.39, 0.29) is 6.10 Å². The Balaban J connectivity index is 1.51. The van der Waals surface area contributed by atoms with Crippen LogP contribution in [-0.4, -0.2) is 6.10 Å². The minimum atomic E-state index is 0.205. The zero-order valence-electron chi connectivity index (χ0n) is 18.1. The lowest BCUT2D eigenvalue weighted by molar-refractivity contribution is 0.242. The number of hydrogen-bond donors (Lipinski definition) is 0. The summed E-state index contributed by atoms with van der Waals surface area (Å²) in [4.78, 5) is 0. The SMILES string of the molecule is Cc1ccc(C2=CC3C(c4ccc(OC(C)C)cc4)Cc4ccccc4C3C2)cc1. The Hall–Kier alpha value is -2.80. The maximum absolute atomic E-state index is 5.87. The summed E-state index contributed by atoms with van der Waals surface area (Å²) in [6, 6.07) is 27.0. The van der Waals surface area contributed by atoms with Gasteiger partial charge in [0, 0.05) is 0 Å². The van der Waals surface area contributed by atoms with E-state index in [2.05, 4.69) is 99.6 Å². The first-order chi connectivity index (χ1) is 14.6. The van der Waals surface area contributed by atoms with Crippen molar-refractivity contribution in [3.8, 4) is 5.75 Å². The summed E-state index contributed by atoms with van der Waals surface area (Å²) in [5.74, 6) is 2.60. The van der Waals surface area contributed by atoms with Crippen molar-refractivity contribution < 1.29 is 4.74 Å². The largest absolute Gasteiger partial charge is 0.491 e. The minimum absolute atomic E-state index is 0.205. The second-order valence-corrected chi connectivity index (χ2v) is 9.19. The highest BCUT2D eigenvalue weighted by Gasteiger charge is 2.40. The van der Waals surface area contributed by atoms with Crippen LogP contribution < -0.4 is 4.74 Å². The maximum atomic E-state index is 5.87. The summed E-state index contributed by atoms with van der Waals surface area (Å²) < 4.78 is 5.87. The maximum Gasteiger partial charge on any atom is 0.119 e. The minimum Gasteiger partial charge on any atom is -0.491 e. The molecule has 3 unspecified atom stereocenters. The Morgan fingerprint density at radius 2 is 1.53 bits per heavy atom. The normalized spacial score (nSPS) is 22.4. The van der Waals surface area contributed by atoms with Gasteiger partial charge in [0.05, 0.1) is 6.10 Å². The average Bonchev–Trinajstić information content (AvgIpc) is 3.20. The topological polar surface area (TPSA) is 9.23 Å². The average molecular weight is 395 g/mol. The summed E-state index contributed by atoms with van der Waals surface area (Å²) >= 11 is 0. The Kier molecular flexibility index (Phi) is 4.98. The Bertz CT molecular complexity index is 1060. The first-order valence-corrected chi connectivity index (χ1v) is 11.2. The number of rotatable bonds is 4. The third kappa shape index (κ3) is 3.58. The van der Waals surface area contributed by atoms with E-state index < -0.39 is 0 Å². The van der Waals surface area contributed by atoms with E-state index >= 15 is 0 Å². The van der Waals surface area contributed by atoms with Gasteiger partial charge in [-0.05, 0) is 91.3 Å². The van der Waals surface area contributed by atoms with E-state index in [4.69, 9.17) is 4.74 Å². The molecule has 5 rings (SSSR count). The fraction of sp³-hybridized carbons (Fsp3) is 0.310. The fourth-order valence-electron chi connectivity index (χ4n) is 5.35. The molecule has 1 nitrogen and oxygen atoms in total. The van der Waals surface area contributed by atoms with Crippen LogP contribution >= 0.6 is 0 Å². The number of aryl methyl sites for hydroxylation is 1. The molecule has 0 saturated heterocycles. The molecule has 152 valence electrons. The lowest BCUT2D eigenvalue weighted by atomic mass is 9.68. The molecule has 0 N–H and O–H groups in total. The van der Waals surface area contributed by atoms with Crippen LogP contribution in [0.5, 0.6) is 5.75 Å². The molecule has 30 heavy (non-hydrogen) atoms. The second-order valence-electron chi connectivity index (χ2n) is 9.19. The predicted octanol–water partition coefficient (Wildman–Crippen LogP) is 7.31. The first-order valence-electron chi connectivity index (χ1n) is 11.2. The molecule has 0 radical (unpaired) electrons. The highest BCUT2D eigenvalue weighted by molar-refractivity contribution is 5.70. The third-order valence-electron chi connectivity index (χ3n) is 6.76. The van der Waals surface area contributed by atoms with Gasteiger partial charge in [0.15, 0.2) is 0 Å². The Morgan fingerprint density at radius 3 is 2.27 bits per heavy atom. The lowest BCUT2D eigenvalue weighted by Gasteiger charge is -2.36. The van der Waals surface area contributed by atoms with Gasteiger partial charge in [-0.15, -0.1) is 0 Å². The fourth-order valence-corrected chi connectivity index (χ4v) is 5.35. The molecular formula is C29H30O. The summed E-state index contributed by atoms with van der Waals surface area (Å²) in [5.41, 5.74) is 8.71. The molecule has 0 bridgehead atoms. The van der Waals surface area contributed by atoms with Crippen LogP contribution in [0, 0.1) is 12.8 Å². The number of hydrogen-bond acceptors (Lipinski definition) is 1. The van der Waals surface area contributed by atoms with Gasteiger partial charge in [-0.1, -0.05) is 72.3 Å². The Labute approximate surface area is 180 Å². The molecule has 3 aromatic carbocycles. The number of ether oxygens (including phenoxy) is 1. The van der Waals surface area contributed by atoms with Crippen LogP contribution in [0.25, 0.3) is 5.57 Å². The van der Waals surface area contributed by atoms with Crippen molar-refractivity contribution in [1.82, 2.24) is 0 Å². The smallest absolute Gasteiger partial charge is 0.119 e. The third-order valence-corrected chi connectivity index (χ3v) is 6.76. The van der Waals surface area contributed by atoms with Gasteiger partial charge in [-0.3, -0.25) is 0 Å². The quantitative estimate of drug-likeness (QED) is 0.451. The molecule has 2 aliphatic rings. The van der Waals surface area contributed by atoms with Crippen LogP contribution in [0.2, 0.25) is 0 Å². The molecule has 3 atom stereocenters. The van der Waals surface area contributed by atoms with Crippen molar-refractivity contribution >= 4 is 5.57 Å². The molecule has 0 aliphatic heterocycles. The van der Waals surface area contributed by atoms with Gasteiger partial charge in [0.2, 0.25) is 0 Å². The van der Waals surface area contributed by atoms with Crippen LogP contribution in [0.4, 0.5) is 0 Å². The van der Waals surface area contributed by atoms with E-state index in [0.29, 0.717) is 17.8 Å². The zero-order valence-corrected chi connectivity index (χ0v) is 18.1. The molecule has 0 fully saturated rings. The van der Waals surface area contributed by atoms with Crippen LogP contribution in [-0.2, 0) is 6.42 Å². The van der Waals surface area contributed by atoms with Crippen molar-refractivity contribution in [1.29, 1.82) is 0 Å². The first kappa shape index (κ1) is 19.2. The molecule has 0 spiro atoms. The van der Waals surface area contributed by atoms with Crippen molar-refractivity contribution in [2.45, 2.75) is 51.6 Å². The van der Waals surface area contributed by atoms with Gasteiger partial charge in [-0.25, -0.2) is 0 Å². The van der Waals surface area contributed by atoms with Crippen molar-refractivity contribution in [2.75, 3.05) is 0 Å². The van der Waals surface area contributed by atoms with Crippen LogP contribution in [0.15, 0.2) is 78.9 Å². The summed E-state index contributed by atoms with van der Waals surface area (Å²) in [6.45, 7) is 6.31. The van der Waals surface area contributed by atoms with Gasteiger partial charge in [0.25, 0.3) is 0 Å². The monoisotopic (exact) mass is 394 g/mol. The van der Waals surface area contributed by atoms with Crippen LogP contribution in [0.3, 0.4) is 0 Å². The van der Waals surface area contributed by atoms with E-state index in [9.17, 15) is 0 Å². The number of allylic oxidation sites excluding steroid dienone is 2. The van der Waals surface area contributed by atoms with Gasteiger partial charge < -0.3 is 4.74 Å². The Morgan fingerprint density at radius 1 is 0.800 bits per heavy atom. The molecule has 0 heterocycles. The summed E-state index contributed by atoms with van der Waals surface area (Å²) in [7, 11) is 0. The zero-order chi connectivity index (χ0) is 20.7. The highest BCUT2D eigenvalue weighted by atomic mass is 16.5. The van der Waals surface area contributed by atoms with Gasteiger partial charge in [-0.2, -0.15) is 0 Å². The lowest BCUT2D eigenvalue weighted by Crippen LogP contribution is -2.24. The molecule has 0 aromatic heterocycles. The molecule has 1 heteroatoms. The standard InChI is InChI=1S/C29H30O/c1-19(2)30-25-14-12-22(13-15-25)27-16-23-6-4-5-7-26(23)28-17-24(18-29(27)28)21-10-8-20(3)9-11-21/h4-15,18-19,27-29H,16-17H2,1-3H3. The van der Waals surface area contributed by atoms with Gasteiger partial charge in [0.1, 0.15) is 5.75 Å². The van der Waals surface area contributed by atoms with E-state index in [0.717, 1.165) is 18.6 Å². The highest BCUT2D eigenvalue weighted by Crippen LogP contribution is 2.53. The van der Waals surface area contributed by atoms with E-state index in [1.807, 2.05) is 0 Å². The molecule has 2 aliphatic carbocycles. The summed E-state index contributed by atoms with van der Waals surface area (Å²) in [6.07, 6.45) is 5.03. The van der Waals surface area contributed by atoms with Crippen molar-refractivity contribution in [3.05, 3.63) is 107 Å². The van der Waals surface area contributed by atoms with Crippen molar-refractivity contribution in [2.24, 2.45) is 5.92 Å². The molecule has 3 aromatic rings. The predicted molar refractivity (Wildman–Crippen MR) is 125 cm³/mol. The number of benzene rings is 3. The molecular weight excluding hydrogens is 364 g/mol. The second kappa shape index (κ2) is 7.80. The van der Waals surface area contributed by atoms with E-state index in [1.54, 1.807) is 5.56 Å². The number of fused-ring (bicyclic) bond motifs is 3. The van der Waals surface area contributed by atoms with E-state index in [1.165, 1.54) is 27.8 Å². The summed E-state index contributed by atoms with van der Waals surface area (Å²) in [5, 5.41) is 0. The van der Waals surface area contributed by atoms with Crippen LogP contribution in [0.1, 0.15) is 59.9 Å². The molecule has 0 saturated carbocycles.